The highest BCUT2D eigenvalue weighted by Crippen LogP contribution is 2.19. The van der Waals surface area contributed by atoms with Gasteiger partial charge in [-0.05, 0) is 25.8 Å². The number of hydrogen-bond acceptors (Lipinski definition) is 4. The van der Waals surface area contributed by atoms with Crippen LogP contribution in [-0.2, 0) is 13.0 Å². The summed E-state index contributed by atoms with van der Waals surface area (Å²) in [6.45, 7) is 4.37. The number of nitrogens with zero attached hydrogens (tertiary/aromatic N) is 2. The average molecular weight is 305 g/mol. The number of rotatable bonds is 4. The lowest BCUT2D eigenvalue weighted by Gasteiger charge is -2.17. The third-order valence-corrected chi connectivity index (χ3v) is 4.37. The van der Waals surface area contributed by atoms with E-state index >= 15 is 0 Å². The molecule has 2 aromatic rings. The van der Waals surface area contributed by atoms with Gasteiger partial charge >= 0.3 is 5.69 Å². The van der Waals surface area contributed by atoms with E-state index in [1.165, 1.54) is 10.6 Å². The first-order chi connectivity index (χ1) is 10.6. The summed E-state index contributed by atoms with van der Waals surface area (Å²) < 4.78 is 15.3. The first-order valence-corrected chi connectivity index (χ1v) is 7.45. The maximum atomic E-state index is 13.8. The van der Waals surface area contributed by atoms with E-state index in [4.69, 9.17) is 0 Å². The summed E-state index contributed by atoms with van der Waals surface area (Å²) in [4.78, 5) is 12.0. The van der Waals surface area contributed by atoms with Gasteiger partial charge in [0.15, 0.2) is 0 Å². The minimum Gasteiger partial charge on any atom is -0.274 e. The van der Waals surface area contributed by atoms with Gasteiger partial charge in [-0.3, -0.25) is 15.4 Å². The summed E-state index contributed by atoms with van der Waals surface area (Å²) in [6.07, 6.45) is 0.648. The molecule has 0 aliphatic carbocycles. The van der Waals surface area contributed by atoms with Crippen LogP contribution in [0, 0.1) is 11.7 Å². The molecule has 1 aromatic carbocycles. The second-order valence-electron chi connectivity index (χ2n) is 5.86. The van der Waals surface area contributed by atoms with Gasteiger partial charge in [-0.25, -0.2) is 14.3 Å². The van der Waals surface area contributed by atoms with Gasteiger partial charge in [0.05, 0.1) is 6.54 Å². The van der Waals surface area contributed by atoms with Gasteiger partial charge in [0.25, 0.3) is 0 Å². The highest BCUT2D eigenvalue weighted by atomic mass is 19.1. The van der Waals surface area contributed by atoms with Crippen LogP contribution in [0.2, 0.25) is 0 Å². The molecule has 2 atom stereocenters. The molecule has 3 rings (SSSR count). The van der Waals surface area contributed by atoms with Crippen molar-refractivity contribution >= 4 is 0 Å². The van der Waals surface area contributed by atoms with Gasteiger partial charge < -0.3 is 0 Å². The Bertz CT molecular complexity index is 700. The maximum absolute atomic E-state index is 13.8. The quantitative estimate of drug-likeness (QED) is 0.781. The molecule has 0 radical (unpaired) electrons. The van der Waals surface area contributed by atoms with Crippen molar-refractivity contribution in [3.63, 3.8) is 0 Å². The van der Waals surface area contributed by atoms with Crippen molar-refractivity contribution in [1.29, 1.82) is 0 Å². The predicted octanol–water partition coefficient (Wildman–Crippen LogP) is 0.802. The first-order valence-electron chi connectivity index (χ1n) is 7.45. The van der Waals surface area contributed by atoms with E-state index in [2.05, 4.69) is 34.9 Å². The third-order valence-electron chi connectivity index (χ3n) is 4.37. The fourth-order valence-corrected chi connectivity index (χ4v) is 2.94. The Morgan fingerprint density at radius 3 is 2.59 bits per heavy atom. The van der Waals surface area contributed by atoms with Crippen LogP contribution in [0.25, 0.3) is 0 Å². The molecule has 1 fully saturated rings. The fourth-order valence-electron chi connectivity index (χ4n) is 2.94. The maximum Gasteiger partial charge on any atom is 0.343 e. The smallest absolute Gasteiger partial charge is 0.274 e. The summed E-state index contributed by atoms with van der Waals surface area (Å²) in [5.74, 6) is 0.657. The second kappa shape index (κ2) is 6.02. The SMILES string of the molecule is CC1NNC(C)C1Cc1n[nH]c(=O)n1Cc1ccccc1F. The van der Waals surface area contributed by atoms with Crippen molar-refractivity contribution < 1.29 is 4.39 Å². The molecule has 7 heteroatoms. The Labute approximate surface area is 127 Å². The number of aromatic nitrogens is 3. The number of nitrogens with one attached hydrogen (secondary N) is 3. The summed E-state index contributed by atoms with van der Waals surface area (Å²) in [7, 11) is 0. The van der Waals surface area contributed by atoms with E-state index in [1.807, 2.05) is 0 Å². The number of H-pyrrole nitrogens is 1. The van der Waals surface area contributed by atoms with E-state index in [0.29, 0.717) is 23.7 Å². The topological polar surface area (TPSA) is 74.7 Å². The van der Waals surface area contributed by atoms with Gasteiger partial charge in [-0.15, -0.1) is 0 Å². The molecule has 118 valence electrons. The Balaban J connectivity index is 1.85. The Hall–Kier alpha value is -1.99. The molecule has 6 nitrogen and oxygen atoms in total. The number of hydrazine groups is 1. The number of halogens is 1. The molecule has 3 N–H and O–H groups in total. The zero-order valence-corrected chi connectivity index (χ0v) is 12.6. The Kier molecular flexibility index (Phi) is 4.08. The van der Waals surface area contributed by atoms with Crippen LogP contribution in [0.15, 0.2) is 29.1 Å². The molecule has 0 saturated carbocycles. The van der Waals surface area contributed by atoms with E-state index in [1.54, 1.807) is 18.2 Å². The lowest BCUT2D eigenvalue weighted by Crippen LogP contribution is -2.30. The molecular formula is C15H20FN5O. The second-order valence-corrected chi connectivity index (χ2v) is 5.86. The van der Waals surface area contributed by atoms with Gasteiger partial charge in [0.1, 0.15) is 11.6 Å². The number of benzene rings is 1. The molecule has 1 saturated heterocycles. The lowest BCUT2D eigenvalue weighted by atomic mass is 9.93. The van der Waals surface area contributed by atoms with Crippen LogP contribution in [0.3, 0.4) is 0 Å². The third kappa shape index (κ3) is 2.82. The van der Waals surface area contributed by atoms with Crippen molar-refractivity contribution in [2.45, 2.75) is 38.9 Å². The van der Waals surface area contributed by atoms with Crippen molar-refractivity contribution in [2.24, 2.45) is 5.92 Å². The monoisotopic (exact) mass is 305 g/mol. The van der Waals surface area contributed by atoms with Gasteiger partial charge in [-0.2, -0.15) is 5.10 Å². The summed E-state index contributed by atoms with van der Waals surface area (Å²) in [5.41, 5.74) is 6.55. The lowest BCUT2D eigenvalue weighted by molar-refractivity contribution is 0.424. The standard InChI is InChI=1S/C15H20FN5O/c1-9-12(10(2)18-17-9)7-14-19-20-15(22)21(14)8-11-5-3-4-6-13(11)16/h3-6,9-10,12,17-18H,7-8H2,1-2H3,(H,20,22). The first kappa shape index (κ1) is 14.9. The van der Waals surface area contributed by atoms with E-state index in [9.17, 15) is 9.18 Å². The van der Waals surface area contributed by atoms with Crippen molar-refractivity contribution in [2.75, 3.05) is 0 Å². The molecule has 2 heterocycles. The molecule has 2 unspecified atom stereocenters. The summed E-state index contributed by atoms with van der Waals surface area (Å²) in [5, 5.41) is 6.60. The molecule has 22 heavy (non-hydrogen) atoms. The van der Waals surface area contributed by atoms with Gasteiger partial charge in [0, 0.05) is 24.1 Å². The van der Waals surface area contributed by atoms with Gasteiger partial charge in [0.2, 0.25) is 0 Å². The molecule has 1 aliphatic heterocycles. The van der Waals surface area contributed by atoms with E-state index in [-0.39, 0.29) is 30.1 Å². The highest BCUT2D eigenvalue weighted by molar-refractivity contribution is 5.18. The Morgan fingerprint density at radius 1 is 1.23 bits per heavy atom. The van der Waals surface area contributed by atoms with Crippen molar-refractivity contribution in [3.8, 4) is 0 Å². The van der Waals surface area contributed by atoms with Crippen molar-refractivity contribution in [1.82, 2.24) is 25.6 Å². The van der Waals surface area contributed by atoms with Crippen LogP contribution >= 0.6 is 0 Å². The van der Waals surface area contributed by atoms with Gasteiger partial charge in [-0.1, -0.05) is 18.2 Å². The molecular weight excluding hydrogens is 285 g/mol. The molecule has 0 spiro atoms. The fraction of sp³-hybridized carbons (Fsp3) is 0.467. The molecule has 0 bridgehead atoms. The van der Waals surface area contributed by atoms with Crippen LogP contribution in [0.1, 0.15) is 25.2 Å². The molecule has 1 aliphatic rings. The molecule has 0 amide bonds. The van der Waals surface area contributed by atoms with Crippen LogP contribution in [-0.4, -0.2) is 26.8 Å². The van der Waals surface area contributed by atoms with Crippen LogP contribution in [0.5, 0.6) is 0 Å². The van der Waals surface area contributed by atoms with Crippen molar-refractivity contribution in [3.05, 3.63) is 52.0 Å². The summed E-state index contributed by atoms with van der Waals surface area (Å²) >= 11 is 0. The van der Waals surface area contributed by atoms with Crippen LogP contribution in [0.4, 0.5) is 4.39 Å². The average Bonchev–Trinajstić information content (AvgIpc) is 3.00. The highest BCUT2D eigenvalue weighted by Gasteiger charge is 2.31. The zero-order chi connectivity index (χ0) is 15.7. The minimum atomic E-state index is -0.313. The zero-order valence-electron chi connectivity index (χ0n) is 12.6. The normalized spacial score (nSPS) is 24.8. The largest absolute Gasteiger partial charge is 0.343 e. The van der Waals surface area contributed by atoms with E-state index < -0.39 is 0 Å². The number of aromatic amines is 1. The predicted molar refractivity (Wildman–Crippen MR) is 80.7 cm³/mol. The Morgan fingerprint density at radius 2 is 1.91 bits per heavy atom. The number of hydrogen-bond donors (Lipinski definition) is 3. The van der Waals surface area contributed by atoms with E-state index in [0.717, 1.165) is 0 Å². The van der Waals surface area contributed by atoms with Crippen LogP contribution < -0.4 is 16.5 Å². The minimum absolute atomic E-state index is 0.188. The summed E-state index contributed by atoms with van der Waals surface area (Å²) in [6, 6.07) is 7.04. The molecule has 1 aromatic heterocycles.